The average Bonchev–Trinajstić information content (AvgIpc) is 2.58. The van der Waals surface area contributed by atoms with Gasteiger partial charge in [-0.1, -0.05) is 27.7 Å². The number of hydrogen-bond acceptors (Lipinski definition) is 3. The third kappa shape index (κ3) is 3.02. The van der Waals surface area contributed by atoms with Gasteiger partial charge in [-0.2, -0.15) is 5.10 Å². The summed E-state index contributed by atoms with van der Waals surface area (Å²) in [7, 11) is 1.95. The Bertz CT molecular complexity index is 302. The molecule has 0 aromatic carbocycles. The molecule has 1 aromatic heterocycles. The number of hydrogen-bond donors (Lipinski definition) is 1. The molecule has 0 atom stereocenters. The van der Waals surface area contributed by atoms with Gasteiger partial charge in [-0.3, -0.25) is 0 Å². The van der Waals surface area contributed by atoms with Crippen LogP contribution in [0.2, 0.25) is 0 Å². The van der Waals surface area contributed by atoms with Gasteiger partial charge in [0.15, 0.2) is 5.82 Å². The summed E-state index contributed by atoms with van der Waals surface area (Å²) >= 11 is 0. The van der Waals surface area contributed by atoms with E-state index in [2.05, 4.69) is 43.1 Å². The van der Waals surface area contributed by atoms with E-state index in [-0.39, 0.29) is 0 Å². The zero-order valence-electron chi connectivity index (χ0n) is 10.4. The van der Waals surface area contributed by atoms with E-state index in [1.165, 1.54) is 0 Å². The molecule has 0 radical (unpaired) electrons. The molecule has 1 aromatic rings. The van der Waals surface area contributed by atoms with Gasteiger partial charge in [-0.05, 0) is 7.05 Å². The van der Waals surface area contributed by atoms with Gasteiger partial charge in [0, 0.05) is 18.4 Å². The van der Waals surface area contributed by atoms with Crippen LogP contribution in [0.1, 0.15) is 51.2 Å². The minimum atomic E-state index is 0.401. The lowest BCUT2D eigenvalue weighted by Gasteiger charge is -2.07. The second-order valence-electron chi connectivity index (χ2n) is 4.46. The third-order valence-corrected chi connectivity index (χ3v) is 2.32. The molecule has 0 saturated carbocycles. The SMILES string of the molecule is CNCCn1nc(C(C)C)nc1C(C)C. The van der Waals surface area contributed by atoms with E-state index in [4.69, 9.17) is 0 Å². The van der Waals surface area contributed by atoms with E-state index in [9.17, 15) is 0 Å². The van der Waals surface area contributed by atoms with E-state index < -0.39 is 0 Å². The Balaban J connectivity index is 2.90. The van der Waals surface area contributed by atoms with E-state index in [0.29, 0.717) is 11.8 Å². The molecule has 1 heterocycles. The molecule has 0 spiro atoms. The summed E-state index contributed by atoms with van der Waals surface area (Å²) in [6.07, 6.45) is 0. The zero-order chi connectivity index (χ0) is 11.4. The Kier molecular flexibility index (Phi) is 4.27. The van der Waals surface area contributed by atoms with Crippen molar-refractivity contribution in [2.75, 3.05) is 13.6 Å². The fraction of sp³-hybridized carbons (Fsp3) is 0.818. The van der Waals surface area contributed by atoms with Gasteiger partial charge in [-0.25, -0.2) is 9.67 Å². The smallest absolute Gasteiger partial charge is 0.153 e. The molecule has 0 unspecified atom stereocenters. The minimum absolute atomic E-state index is 0.401. The van der Waals surface area contributed by atoms with Crippen molar-refractivity contribution in [1.29, 1.82) is 0 Å². The van der Waals surface area contributed by atoms with Gasteiger partial charge in [0.1, 0.15) is 5.82 Å². The molecular weight excluding hydrogens is 188 g/mol. The first-order valence-electron chi connectivity index (χ1n) is 5.65. The molecular formula is C11H22N4. The highest BCUT2D eigenvalue weighted by molar-refractivity contribution is 5.00. The first kappa shape index (κ1) is 12.2. The quantitative estimate of drug-likeness (QED) is 0.805. The van der Waals surface area contributed by atoms with Crippen LogP contribution >= 0.6 is 0 Å². The molecule has 0 saturated heterocycles. The predicted molar refractivity (Wildman–Crippen MR) is 62.1 cm³/mol. The maximum atomic E-state index is 4.59. The van der Waals surface area contributed by atoms with Gasteiger partial charge in [0.25, 0.3) is 0 Å². The highest BCUT2D eigenvalue weighted by atomic mass is 15.4. The molecule has 0 amide bonds. The van der Waals surface area contributed by atoms with Crippen LogP contribution in [0.5, 0.6) is 0 Å². The van der Waals surface area contributed by atoms with Crippen molar-refractivity contribution in [3.8, 4) is 0 Å². The van der Waals surface area contributed by atoms with Crippen molar-refractivity contribution >= 4 is 0 Å². The number of aromatic nitrogens is 3. The lowest BCUT2D eigenvalue weighted by atomic mass is 10.2. The largest absolute Gasteiger partial charge is 0.318 e. The summed E-state index contributed by atoms with van der Waals surface area (Å²) in [6, 6.07) is 0. The van der Waals surface area contributed by atoms with Crippen molar-refractivity contribution in [2.45, 2.75) is 46.1 Å². The van der Waals surface area contributed by atoms with E-state index in [0.717, 1.165) is 24.7 Å². The monoisotopic (exact) mass is 210 g/mol. The summed E-state index contributed by atoms with van der Waals surface area (Å²) < 4.78 is 2.02. The highest BCUT2D eigenvalue weighted by Crippen LogP contribution is 2.16. The molecule has 4 heteroatoms. The molecule has 15 heavy (non-hydrogen) atoms. The zero-order valence-corrected chi connectivity index (χ0v) is 10.4. The second-order valence-corrected chi connectivity index (χ2v) is 4.46. The second kappa shape index (κ2) is 5.26. The molecule has 0 fully saturated rings. The molecule has 0 bridgehead atoms. The number of likely N-dealkylation sites (N-methyl/N-ethyl adjacent to an activating group) is 1. The molecule has 0 aliphatic rings. The first-order valence-corrected chi connectivity index (χ1v) is 5.65. The molecule has 0 aliphatic carbocycles. The molecule has 0 aliphatic heterocycles. The summed E-state index contributed by atoms with van der Waals surface area (Å²) in [5.74, 6) is 2.88. The Morgan fingerprint density at radius 3 is 2.33 bits per heavy atom. The fourth-order valence-electron chi connectivity index (χ4n) is 1.43. The lowest BCUT2D eigenvalue weighted by Crippen LogP contribution is -2.18. The maximum absolute atomic E-state index is 4.59. The van der Waals surface area contributed by atoms with Crippen molar-refractivity contribution in [3.63, 3.8) is 0 Å². The van der Waals surface area contributed by atoms with Gasteiger partial charge in [0.05, 0.1) is 6.54 Å². The van der Waals surface area contributed by atoms with Crippen molar-refractivity contribution in [1.82, 2.24) is 20.1 Å². The van der Waals surface area contributed by atoms with Crippen LogP contribution < -0.4 is 5.32 Å². The topological polar surface area (TPSA) is 42.7 Å². The maximum Gasteiger partial charge on any atom is 0.153 e. The van der Waals surface area contributed by atoms with E-state index in [1.54, 1.807) is 0 Å². The Morgan fingerprint density at radius 1 is 1.20 bits per heavy atom. The standard InChI is InChI=1S/C11H22N4/c1-8(2)10-13-11(9(3)4)15(14-10)7-6-12-5/h8-9,12H,6-7H2,1-5H3. The first-order chi connectivity index (χ1) is 7.06. The van der Waals surface area contributed by atoms with Crippen LogP contribution in [-0.2, 0) is 6.54 Å². The summed E-state index contributed by atoms with van der Waals surface area (Å²) in [5, 5.41) is 7.67. The third-order valence-electron chi connectivity index (χ3n) is 2.32. The summed E-state index contributed by atoms with van der Waals surface area (Å²) in [6.45, 7) is 10.4. The van der Waals surface area contributed by atoms with Gasteiger partial charge in [0.2, 0.25) is 0 Å². The van der Waals surface area contributed by atoms with Crippen LogP contribution in [-0.4, -0.2) is 28.4 Å². The fourth-order valence-corrected chi connectivity index (χ4v) is 1.43. The Hall–Kier alpha value is -0.900. The van der Waals surface area contributed by atoms with Crippen molar-refractivity contribution in [2.24, 2.45) is 0 Å². The van der Waals surface area contributed by atoms with E-state index >= 15 is 0 Å². The van der Waals surface area contributed by atoms with Crippen LogP contribution in [0.25, 0.3) is 0 Å². The van der Waals surface area contributed by atoms with Crippen LogP contribution in [0.15, 0.2) is 0 Å². The molecule has 1 N–H and O–H groups in total. The normalized spacial score (nSPS) is 11.7. The molecule has 1 rings (SSSR count). The number of nitrogens with zero attached hydrogens (tertiary/aromatic N) is 3. The van der Waals surface area contributed by atoms with Crippen LogP contribution in [0.3, 0.4) is 0 Å². The van der Waals surface area contributed by atoms with Crippen molar-refractivity contribution < 1.29 is 0 Å². The highest BCUT2D eigenvalue weighted by Gasteiger charge is 2.14. The Labute approximate surface area is 92.1 Å². The van der Waals surface area contributed by atoms with Crippen LogP contribution in [0.4, 0.5) is 0 Å². The number of rotatable bonds is 5. The van der Waals surface area contributed by atoms with E-state index in [1.807, 2.05) is 11.7 Å². The molecule has 86 valence electrons. The lowest BCUT2D eigenvalue weighted by molar-refractivity contribution is 0.536. The molecule has 4 nitrogen and oxygen atoms in total. The van der Waals surface area contributed by atoms with Gasteiger partial charge >= 0.3 is 0 Å². The van der Waals surface area contributed by atoms with Crippen LogP contribution in [0, 0.1) is 0 Å². The van der Waals surface area contributed by atoms with Crippen molar-refractivity contribution in [3.05, 3.63) is 11.6 Å². The summed E-state index contributed by atoms with van der Waals surface area (Å²) in [5.41, 5.74) is 0. The summed E-state index contributed by atoms with van der Waals surface area (Å²) in [4.78, 5) is 4.59. The predicted octanol–water partition coefficient (Wildman–Crippen LogP) is 1.74. The number of nitrogens with one attached hydrogen (secondary N) is 1. The minimum Gasteiger partial charge on any atom is -0.318 e. The van der Waals surface area contributed by atoms with Gasteiger partial charge < -0.3 is 5.32 Å². The van der Waals surface area contributed by atoms with Gasteiger partial charge in [-0.15, -0.1) is 0 Å². The Morgan fingerprint density at radius 2 is 1.87 bits per heavy atom. The average molecular weight is 210 g/mol.